The molecule has 2 heteroatoms. The van der Waals surface area contributed by atoms with Gasteiger partial charge in [0.25, 0.3) is 0 Å². The summed E-state index contributed by atoms with van der Waals surface area (Å²) in [4.78, 5) is 0. The Bertz CT molecular complexity index is 185. The second-order valence-electron chi connectivity index (χ2n) is 6.15. The Hall–Kier alpha value is -0.0800. The van der Waals surface area contributed by atoms with Gasteiger partial charge in [-0.2, -0.15) is 0 Å². The molecule has 0 heterocycles. The number of aliphatic hydroxyl groups excluding tert-OH is 1. The van der Waals surface area contributed by atoms with E-state index in [1.54, 1.807) is 0 Å². The van der Waals surface area contributed by atoms with E-state index < -0.39 is 0 Å². The Morgan fingerprint density at radius 3 is 2.19 bits per heavy atom. The van der Waals surface area contributed by atoms with Crippen LogP contribution in [0.5, 0.6) is 0 Å². The van der Waals surface area contributed by atoms with Gasteiger partial charge in [-0.25, -0.2) is 0 Å². The molecule has 2 N–H and O–H groups in total. The van der Waals surface area contributed by atoms with Crippen molar-refractivity contribution in [3.05, 3.63) is 0 Å². The highest BCUT2D eigenvalue weighted by atomic mass is 16.3. The number of aliphatic hydroxyl groups is 1. The molecule has 0 radical (unpaired) electrons. The van der Waals surface area contributed by atoms with Crippen molar-refractivity contribution in [1.29, 1.82) is 0 Å². The molecule has 1 fully saturated rings. The van der Waals surface area contributed by atoms with Gasteiger partial charge in [0, 0.05) is 11.6 Å². The van der Waals surface area contributed by atoms with E-state index in [2.05, 4.69) is 26.1 Å². The Labute approximate surface area is 101 Å². The Kier molecular flexibility index (Phi) is 5.77. The molecule has 1 unspecified atom stereocenters. The molecule has 0 aromatic carbocycles. The molecular formula is C14H29NO. The molecule has 96 valence electrons. The first-order valence-electron chi connectivity index (χ1n) is 6.94. The second-order valence-corrected chi connectivity index (χ2v) is 6.15. The van der Waals surface area contributed by atoms with Gasteiger partial charge in [0.2, 0.25) is 0 Å². The minimum atomic E-state index is -0.0802. The standard InChI is InChI=1S/C14H29NO/c1-12(2)10-14(3,11-16)15-13-8-6-4-5-7-9-13/h12-13,15-16H,4-11H2,1-3H3. The lowest BCUT2D eigenvalue weighted by molar-refractivity contribution is 0.136. The van der Waals surface area contributed by atoms with Gasteiger partial charge in [0.15, 0.2) is 0 Å². The van der Waals surface area contributed by atoms with Crippen LogP contribution in [0.25, 0.3) is 0 Å². The van der Waals surface area contributed by atoms with Crippen LogP contribution in [0, 0.1) is 5.92 Å². The van der Waals surface area contributed by atoms with Crippen molar-refractivity contribution in [2.24, 2.45) is 5.92 Å². The van der Waals surface area contributed by atoms with Crippen LogP contribution in [0.3, 0.4) is 0 Å². The first-order chi connectivity index (χ1) is 7.56. The second kappa shape index (κ2) is 6.61. The highest BCUT2D eigenvalue weighted by Crippen LogP contribution is 2.22. The fraction of sp³-hybridized carbons (Fsp3) is 1.00. The summed E-state index contributed by atoms with van der Waals surface area (Å²) in [5.41, 5.74) is -0.0802. The van der Waals surface area contributed by atoms with Gasteiger partial charge in [-0.1, -0.05) is 39.5 Å². The molecule has 1 saturated carbocycles. The van der Waals surface area contributed by atoms with E-state index in [1.165, 1.54) is 38.5 Å². The minimum absolute atomic E-state index is 0.0802. The molecule has 2 nitrogen and oxygen atoms in total. The molecule has 0 saturated heterocycles. The maximum Gasteiger partial charge on any atom is 0.0610 e. The maximum atomic E-state index is 9.57. The SMILES string of the molecule is CC(C)CC(C)(CO)NC1CCCCCC1. The first kappa shape index (κ1) is 14.0. The van der Waals surface area contributed by atoms with E-state index >= 15 is 0 Å². The summed E-state index contributed by atoms with van der Waals surface area (Å²) in [5.74, 6) is 0.635. The fourth-order valence-electron chi connectivity index (χ4n) is 2.99. The summed E-state index contributed by atoms with van der Waals surface area (Å²) in [6.45, 7) is 6.87. The largest absolute Gasteiger partial charge is 0.394 e. The average molecular weight is 227 g/mol. The lowest BCUT2D eigenvalue weighted by Gasteiger charge is -2.35. The van der Waals surface area contributed by atoms with Gasteiger partial charge in [0.05, 0.1) is 6.61 Å². The minimum Gasteiger partial charge on any atom is -0.394 e. The summed E-state index contributed by atoms with van der Waals surface area (Å²) >= 11 is 0. The Morgan fingerprint density at radius 2 is 1.75 bits per heavy atom. The Morgan fingerprint density at radius 1 is 1.19 bits per heavy atom. The van der Waals surface area contributed by atoms with E-state index in [-0.39, 0.29) is 12.1 Å². The molecule has 0 spiro atoms. The fourth-order valence-corrected chi connectivity index (χ4v) is 2.99. The van der Waals surface area contributed by atoms with Gasteiger partial charge in [0.1, 0.15) is 0 Å². The number of hydrogen-bond acceptors (Lipinski definition) is 2. The number of nitrogens with one attached hydrogen (secondary N) is 1. The third kappa shape index (κ3) is 4.84. The molecule has 0 amide bonds. The summed E-state index contributed by atoms with van der Waals surface area (Å²) < 4.78 is 0. The van der Waals surface area contributed by atoms with Crippen LogP contribution in [0.4, 0.5) is 0 Å². The van der Waals surface area contributed by atoms with E-state index in [9.17, 15) is 5.11 Å². The normalized spacial score (nSPS) is 23.1. The number of rotatable bonds is 5. The quantitative estimate of drug-likeness (QED) is 0.707. The Balaban J connectivity index is 2.46. The van der Waals surface area contributed by atoms with E-state index in [1.807, 2.05) is 0 Å². The summed E-state index contributed by atoms with van der Waals surface area (Å²) in [6.07, 6.45) is 9.10. The predicted octanol–water partition coefficient (Wildman–Crippen LogP) is 3.10. The molecule has 0 aliphatic heterocycles. The van der Waals surface area contributed by atoms with Crippen LogP contribution >= 0.6 is 0 Å². The molecular weight excluding hydrogens is 198 g/mol. The molecule has 1 atom stereocenters. The van der Waals surface area contributed by atoms with Gasteiger partial charge in [-0.3, -0.25) is 0 Å². The lowest BCUT2D eigenvalue weighted by Crippen LogP contribution is -2.51. The van der Waals surface area contributed by atoms with Gasteiger partial charge in [-0.05, 0) is 32.1 Å². The monoisotopic (exact) mass is 227 g/mol. The summed E-state index contributed by atoms with van der Waals surface area (Å²) in [7, 11) is 0. The molecule has 0 bridgehead atoms. The summed E-state index contributed by atoms with van der Waals surface area (Å²) in [6, 6.07) is 0.624. The molecule has 1 aliphatic carbocycles. The van der Waals surface area contributed by atoms with Crippen molar-refractivity contribution in [2.45, 2.75) is 77.3 Å². The van der Waals surface area contributed by atoms with E-state index in [0.29, 0.717) is 12.0 Å². The molecule has 0 aromatic heterocycles. The summed E-state index contributed by atoms with van der Waals surface area (Å²) in [5, 5.41) is 13.3. The molecule has 1 rings (SSSR count). The van der Waals surface area contributed by atoms with Gasteiger partial charge in [-0.15, -0.1) is 0 Å². The van der Waals surface area contributed by atoms with Crippen molar-refractivity contribution in [3.63, 3.8) is 0 Å². The zero-order valence-corrected chi connectivity index (χ0v) is 11.3. The molecule has 16 heavy (non-hydrogen) atoms. The van der Waals surface area contributed by atoms with E-state index in [0.717, 1.165) is 6.42 Å². The van der Waals surface area contributed by atoms with Crippen LogP contribution in [-0.2, 0) is 0 Å². The van der Waals surface area contributed by atoms with Crippen molar-refractivity contribution in [1.82, 2.24) is 5.32 Å². The van der Waals surface area contributed by atoms with Crippen molar-refractivity contribution in [2.75, 3.05) is 6.61 Å². The van der Waals surface area contributed by atoms with Gasteiger partial charge < -0.3 is 10.4 Å². The topological polar surface area (TPSA) is 32.3 Å². The maximum absolute atomic E-state index is 9.57. The van der Waals surface area contributed by atoms with Gasteiger partial charge >= 0.3 is 0 Å². The number of hydrogen-bond donors (Lipinski definition) is 2. The molecule has 0 aromatic rings. The van der Waals surface area contributed by atoms with Crippen LogP contribution in [0.15, 0.2) is 0 Å². The van der Waals surface area contributed by atoms with Crippen LogP contribution in [0.1, 0.15) is 65.7 Å². The highest BCUT2D eigenvalue weighted by molar-refractivity contribution is 4.87. The van der Waals surface area contributed by atoms with Crippen LogP contribution in [-0.4, -0.2) is 23.3 Å². The zero-order valence-electron chi connectivity index (χ0n) is 11.3. The van der Waals surface area contributed by atoms with Crippen molar-refractivity contribution >= 4 is 0 Å². The third-order valence-electron chi connectivity index (χ3n) is 3.62. The van der Waals surface area contributed by atoms with Crippen LogP contribution in [0.2, 0.25) is 0 Å². The van der Waals surface area contributed by atoms with E-state index in [4.69, 9.17) is 0 Å². The highest BCUT2D eigenvalue weighted by Gasteiger charge is 2.27. The average Bonchev–Trinajstić information content (AvgIpc) is 2.45. The lowest BCUT2D eigenvalue weighted by atomic mass is 9.89. The van der Waals surface area contributed by atoms with Crippen molar-refractivity contribution < 1.29 is 5.11 Å². The molecule has 1 aliphatic rings. The third-order valence-corrected chi connectivity index (χ3v) is 3.62. The van der Waals surface area contributed by atoms with Crippen LogP contribution < -0.4 is 5.32 Å². The zero-order chi connectivity index (χ0) is 12.0. The van der Waals surface area contributed by atoms with Crippen molar-refractivity contribution in [3.8, 4) is 0 Å². The first-order valence-corrected chi connectivity index (χ1v) is 6.94. The predicted molar refractivity (Wildman–Crippen MR) is 69.6 cm³/mol. The smallest absolute Gasteiger partial charge is 0.0610 e.